The lowest BCUT2D eigenvalue weighted by atomic mass is 10.2. The van der Waals surface area contributed by atoms with Crippen LogP contribution in [-0.4, -0.2) is 69.9 Å². The molecule has 0 aliphatic carbocycles. The Morgan fingerprint density at radius 3 is 2.68 bits per heavy atom. The number of carbonyl (C=O) groups excluding carboxylic acids is 1. The van der Waals surface area contributed by atoms with Crippen LogP contribution in [0.25, 0.3) is 0 Å². The van der Waals surface area contributed by atoms with Gasteiger partial charge in [0.05, 0.1) is 22.8 Å². The van der Waals surface area contributed by atoms with Gasteiger partial charge >= 0.3 is 0 Å². The molecular formula is C19H26N6O4S2. The maximum atomic E-state index is 12.6. The molecule has 2 fully saturated rings. The van der Waals surface area contributed by atoms with Gasteiger partial charge in [-0.2, -0.15) is 4.31 Å². The highest BCUT2D eigenvalue weighted by molar-refractivity contribution is 8.00. The van der Waals surface area contributed by atoms with Crippen LogP contribution >= 0.6 is 11.8 Å². The molecule has 0 bridgehead atoms. The molecule has 2 atom stereocenters. The zero-order valence-corrected chi connectivity index (χ0v) is 18.9. The van der Waals surface area contributed by atoms with Gasteiger partial charge in [0.2, 0.25) is 21.1 Å². The van der Waals surface area contributed by atoms with Crippen LogP contribution < -0.4 is 5.32 Å². The molecule has 0 spiro atoms. The van der Waals surface area contributed by atoms with Crippen LogP contribution in [0.15, 0.2) is 34.3 Å². The summed E-state index contributed by atoms with van der Waals surface area (Å²) in [7, 11) is -3.47. The van der Waals surface area contributed by atoms with Gasteiger partial charge in [-0.25, -0.2) is 13.1 Å². The number of ether oxygens (including phenoxy) is 1. The largest absolute Gasteiger partial charge is 0.376 e. The standard InChI is InChI=1S/C19H26N6O4S2/c1-14(30-19-21-22-23-25(19)13-16-5-4-12-29-16)18(26)20-15-6-8-17(9-7-15)31(27,28)24-10-2-3-11-24/h6-9,14,16H,2-5,10-13H2,1H3,(H,20,26)/t14-,16-/m0/s1. The number of sulfonamides is 1. The van der Waals surface area contributed by atoms with E-state index in [1.807, 2.05) is 0 Å². The molecule has 31 heavy (non-hydrogen) atoms. The molecule has 12 heteroatoms. The molecule has 2 aliphatic rings. The third-order valence-electron chi connectivity index (χ3n) is 5.38. The average molecular weight is 467 g/mol. The highest BCUT2D eigenvalue weighted by Crippen LogP contribution is 2.25. The summed E-state index contributed by atoms with van der Waals surface area (Å²) >= 11 is 1.27. The topological polar surface area (TPSA) is 119 Å². The minimum absolute atomic E-state index is 0.0994. The smallest absolute Gasteiger partial charge is 0.243 e. The Labute approximate surface area is 185 Å². The predicted octanol–water partition coefficient (Wildman–Crippen LogP) is 1.76. The average Bonchev–Trinajstić information content (AvgIpc) is 3.53. The summed E-state index contributed by atoms with van der Waals surface area (Å²) in [5.41, 5.74) is 0.539. The first-order chi connectivity index (χ1) is 14.9. The summed E-state index contributed by atoms with van der Waals surface area (Å²) in [5, 5.41) is 14.7. The van der Waals surface area contributed by atoms with Crippen molar-refractivity contribution < 1.29 is 17.9 Å². The van der Waals surface area contributed by atoms with E-state index in [9.17, 15) is 13.2 Å². The van der Waals surface area contributed by atoms with Crippen LogP contribution in [0.2, 0.25) is 0 Å². The van der Waals surface area contributed by atoms with E-state index in [-0.39, 0.29) is 16.9 Å². The molecular weight excluding hydrogens is 440 g/mol. The van der Waals surface area contributed by atoms with Crippen LogP contribution in [0.4, 0.5) is 5.69 Å². The van der Waals surface area contributed by atoms with E-state index in [1.54, 1.807) is 23.7 Å². The Morgan fingerprint density at radius 1 is 1.26 bits per heavy atom. The highest BCUT2D eigenvalue weighted by Gasteiger charge is 2.27. The van der Waals surface area contributed by atoms with Crippen LogP contribution in [0.5, 0.6) is 0 Å². The second-order valence-electron chi connectivity index (χ2n) is 7.66. The summed E-state index contributed by atoms with van der Waals surface area (Å²) in [5.74, 6) is -0.216. The normalized spacial score (nSPS) is 20.7. The zero-order valence-electron chi connectivity index (χ0n) is 17.3. The second-order valence-corrected chi connectivity index (χ2v) is 10.9. The highest BCUT2D eigenvalue weighted by atomic mass is 32.2. The predicted molar refractivity (Wildman–Crippen MR) is 115 cm³/mol. The number of amides is 1. The van der Waals surface area contributed by atoms with Crippen molar-refractivity contribution in [2.45, 2.75) is 60.6 Å². The Balaban J connectivity index is 1.34. The molecule has 1 amide bonds. The fourth-order valence-electron chi connectivity index (χ4n) is 3.62. The van der Waals surface area contributed by atoms with Crippen molar-refractivity contribution in [3.05, 3.63) is 24.3 Å². The van der Waals surface area contributed by atoms with Crippen molar-refractivity contribution in [2.24, 2.45) is 0 Å². The van der Waals surface area contributed by atoms with Crippen molar-refractivity contribution in [3.63, 3.8) is 0 Å². The summed E-state index contributed by atoms with van der Waals surface area (Å²) < 4.78 is 34.0. The summed E-state index contributed by atoms with van der Waals surface area (Å²) in [6.07, 6.45) is 3.89. The third-order valence-corrected chi connectivity index (χ3v) is 8.36. The van der Waals surface area contributed by atoms with Crippen molar-refractivity contribution in [2.75, 3.05) is 25.0 Å². The number of benzene rings is 1. The zero-order chi connectivity index (χ0) is 21.8. The molecule has 2 aliphatic heterocycles. The SMILES string of the molecule is C[C@H](Sc1nnnn1C[C@@H]1CCCO1)C(=O)Nc1ccc(S(=O)(=O)N2CCCC2)cc1. The van der Waals surface area contributed by atoms with Crippen molar-refractivity contribution in [1.29, 1.82) is 0 Å². The summed E-state index contributed by atoms with van der Waals surface area (Å²) in [6.45, 7) is 4.21. The lowest BCUT2D eigenvalue weighted by Gasteiger charge is -2.16. The number of hydrogen-bond acceptors (Lipinski definition) is 8. The number of hydrogen-bond donors (Lipinski definition) is 1. The number of nitrogens with one attached hydrogen (secondary N) is 1. The van der Waals surface area contributed by atoms with Gasteiger partial charge in [0.1, 0.15) is 0 Å². The number of rotatable bonds is 8. The van der Waals surface area contributed by atoms with Crippen molar-refractivity contribution >= 4 is 33.4 Å². The number of tetrazole rings is 1. The molecule has 3 heterocycles. The molecule has 1 N–H and O–H groups in total. The van der Waals surface area contributed by atoms with Crippen LogP contribution in [0, 0.1) is 0 Å². The fraction of sp³-hybridized carbons (Fsp3) is 0.579. The monoisotopic (exact) mass is 466 g/mol. The molecule has 1 aromatic carbocycles. The third kappa shape index (κ3) is 5.25. The van der Waals surface area contributed by atoms with Gasteiger partial charge < -0.3 is 10.1 Å². The van der Waals surface area contributed by atoms with Crippen molar-refractivity contribution in [1.82, 2.24) is 24.5 Å². The Bertz CT molecular complexity index is 999. The Hall–Kier alpha value is -2.02. The van der Waals surface area contributed by atoms with Gasteiger partial charge in [0.25, 0.3) is 0 Å². The molecule has 10 nitrogen and oxygen atoms in total. The first-order valence-corrected chi connectivity index (χ1v) is 12.7. The fourth-order valence-corrected chi connectivity index (χ4v) is 5.94. The first-order valence-electron chi connectivity index (χ1n) is 10.4. The van der Waals surface area contributed by atoms with Crippen molar-refractivity contribution in [3.8, 4) is 0 Å². The van der Waals surface area contributed by atoms with E-state index in [0.29, 0.717) is 30.5 Å². The van der Waals surface area contributed by atoms with Crippen LogP contribution in [0.1, 0.15) is 32.6 Å². The van der Waals surface area contributed by atoms with Gasteiger partial charge in [-0.1, -0.05) is 11.8 Å². The maximum Gasteiger partial charge on any atom is 0.243 e. The summed E-state index contributed by atoms with van der Waals surface area (Å²) in [4.78, 5) is 12.9. The molecule has 2 aromatic rings. The number of carbonyl (C=O) groups is 1. The second kappa shape index (κ2) is 9.63. The van der Waals surface area contributed by atoms with Crippen LogP contribution in [-0.2, 0) is 26.1 Å². The van der Waals surface area contributed by atoms with E-state index in [2.05, 4.69) is 20.8 Å². The van der Waals surface area contributed by atoms with E-state index < -0.39 is 15.3 Å². The van der Waals surface area contributed by atoms with Gasteiger partial charge in [-0.15, -0.1) is 5.10 Å². The van der Waals surface area contributed by atoms with Gasteiger partial charge in [-0.3, -0.25) is 4.79 Å². The number of aromatic nitrogens is 4. The maximum absolute atomic E-state index is 12.6. The Kier molecular flexibility index (Phi) is 6.89. The number of nitrogens with zero attached hydrogens (tertiary/aromatic N) is 5. The Morgan fingerprint density at radius 2 is 2.00 bits per heavy atom. The lowest BCUT2D eigenvalue weighted by Crippen LogP contribution is -2.28. The van der Waals surface area contributed by atoms with Gasteiger partial charge in [0, 0.05) is 25.4 Å². The molecule has 168 valence electrons. The molecule has 0 saturated carbocycles. The van der Waals surface area contributed by atoms with E-state index in [4.69, 9.17) is 4.74 Å². The van der Waals surface area contributed by atoms with E-state index in [1.165, 1.54) is 28.2 Å². The van der Waals surface area contributed by atoms with E-state index in [0.717, 1.165) is 32.3 Å². The van der Waals surface area contributed by atoms with E-state index >= 15 is 0 Å². The minimum Gasteiger partial charge on any atom is -0.376 e. The van der Waals surface area contributed by atoms with Gasteiger partial charge in [-0.05, 0) is 67.3 Å². The first kappa shape index (κ1) is 22.2. The molecule has 4 rings (SSSR count). The minimum atomic E-state index is -3.47. The number of anilines is 1. The molecule has 0 unspecified atom stereocenters. The van der Waals surface area contributed by atoms with Crippen LogP contribution in [0.3, 0.4) is 0 Å². The molecule has 1 aromatic heterocycles. The number of thioether (sulfide) groups is 1. The quantitative estimate of drug-likeness (QED) is 0.585. The lowest BCUT2D eigenvalue weighted by molar-refractivity contribution is -0.115. The van der Waals surface area contributed by atoms with Gasteiger partial charge in [0.15, 0.2) is 0 Å². The summed E-state index contributed by atoms with van der Waals surface area (Å²) in [6, 6.07) is 6.28. The molecule has 0 radical (unpaired) electrons. The molecule has 2 saturated heterocycles.